The number of nitrogens with zero attached hydrogens (tertiary/aromatic N) is 3. The van der Waals surface area contributed by atoms with Crippen molar-refractivity contribution < 1.29 is 52.9 Å². The molecule has 0 saturated carbocycles. The van der Waals surface area contributed by atoms with Gasteiger partial charge in [0.2, 0.25) is 0 Å². The van der Waals surface area contributed by atoms with Gasteiger partial charge in [0.05, 0.1) is 13.7 Å². The number of hydrogen-bond donors (Lipinski definition) is 1. The first-order valence-corrected chi connectivity index (χ1v) is 8.83. The summed E-state index contributed by atoms with van der Waals surface area (Å²) in [4.78, 5) is 0. The fourth-order valence-corrected chi connectivity index (χ4v) is 2.87. The fraction of sp³-hybridized carbons (Fsp3) is 0.667. The van der Waals surface area contributed by atoms with Gasteiger partial charge in [0.1, 0.15) is 18.9 Å². The Kier molecular flexibility index (Phi) is 7.44. The summed E-state index contributed by atoms with van der Waals surface area (Å²) < 4.78 is 113. The molecular weight excluding hydrogens is 408 g/mol. The zero-order valence-electron chi connectivity index (χ0n) is 12.6. The highest BCUT2D eigenvalue weighted by Crippen LogP contribution is 2.36. The SMILES string of the molecule is Cc1n(CCO)cc[n+]1C.O=S(=O)([N-]S(=O)(=O)C(F)(F)F)C(F)(F)F. The van der Waals surface area contributed by atoms with Crippen molar-refractivity contribution in [3.63, 3.8) is 0 Å². The second-order valence-corrected chi connectivity index (χ2v) is 7.71. The molecule has 0 aliphatic rings. The first kappa shape index (κ1) is 23.6. The molecule has 0 aliphatic heterocycles. The maximum Gasteiger partial charge on any atom is 0.480 e. The minimum atomic E-state index is -6.72. The van der Waals surface area contributed by atoms with E-state index in [4.69, 9.17) is 5.11 Å². The fourth-order valence-electron chi connectivity index (χ4n) is 1.16. The minimum absolute atomic E-state index is 0.204. The number of imidazole rings is 1. The van der Waals surface area contributed by atoms with Crippen molar-refractivity contribution in [2.75, 3.05) is 6.61 Å². The van der Waals surface area contributed by atoms with Gasteiger partial charge in [-0.2, -0.15) is 26.3 Å². The summed E-state index contributed by atoms with van der Waals surface area (Å²) in [5.74, 6) is 1.16. The lowest BCUT2D eigenvalue weighted by atomic mass is 10.6. The van der Waals surface area contributed by atoms with Crippen molar-refractivity contribution in [3.8, 4) is 0 Å². The summed E-state index contributed by atoms with van der Waals surface area (Å²) in [6, 6.07) is 0. The van der Waals surface area contributed by atoms with Gasteiger partial charge in [-0.1, -0.05) is 0 Å². The molecule has 0 radical (unpaired) electrons. The molecule has 1 aromatic rings. The third-order valence-corrected chi connectivity index (χ3v) is 5.26. The highest BCUT2D eigenvalue weighted by Gasteiger charge is 2.46. The lowest BCUT2D eigenvalue weighted by molar-refractivity contribution is -0.677. The van der Waals surface area contributed by atoms with Crippen LogP contribution in [0.5, 0.6) is 0 Å². The largest absolute Gasteiger partial charge is 0.480 e. The molecule has 0 amide bonds. The second kappa shape index (κ2) is 7.88. The van der Waals surface area contributed by atoms with Crippen LogP contribution in [0.3, 0.4) is 0 Å². The van der Waals surface area contributed by atoms with Gasteiger partial charge in [-0.3, -0.25) is 0 Å². The first-order valence-electron chi connectivity index (χ1n) is 5.95. The molecule has 1 aromatic heterocycles. The van der Waals surface area contributed by atoms with Crippen molar-refractivity contribution in [3.05, 3.63) is 22.3 Å². The lowest BCUT2D eigenvalue weighted by Gasteiger charge is -2.22. The molecule has 0 fully saturated rings. The number of aliphatic hydroxyl groups excluding tert-OH is 1. The van der Waals surface area contributed by atoms with E-state index in [0.29, 0.717) is 6.54 Å². The van der Waals surface area contributed by atoms with Crippen molar-refractivity contribution in [1.29, 1.82) is 0 Å². The van der Waals surface area contributed by atoms with E-state index in [2.05, 4.69) is 0 Å². The smallest absolute Gasteiger partial charge is 0.421 e. The van der Waals surface area contributed by atoms with Crippen LogP contribution in [-0.4, -0.2) is 44.1 Å². The van der Waals surface area contributed by atoms with Crippen molar-refractivity contribution >= 4 is 20.0 Å². The summed E-state index contributed by atoms with van der Waals surface area (Å²) in [6.07, 6.45) is 3.94. The standard InChI is InChI=1S/C7H13N2O.C2F6NO4S2/c1-7-8(2)3-4-9(7)5-6-10;3-1(4,5)14(10,11)9-15(12,13)2(6,7)8/h3-4,10H,5-6H2,1-2H3;/q+1;-1. The normalized spacial score (nSPS) is 13.3. The molecule has 25 heavy (non-hydrogen) atoms. The van der Waals surface area contributed by atoms with E-state index in [0.717, 1.165) is 9.95 Å². The Morgan fingerprint density at radius 3 is 1.72 bits per heavy atom. The number of sulfonamides is 2. The summed E-state index contributed by atoms with van der Waals surface area (Å²) in [5.41, 5.74) is -12.4. The predicted octanol–water partition coefficient (Wildman–Crippen LogP) is 0.673. The molecule has 1 N–H and O–H groups in total. The monoisotopic (exact) mass is 421 g/mol. The number of alkyl halides is 6. The van der Waals surface area contributed by atoms with E-state index in [9.17, 15) is 43.2 Å². The third-order valence-electron chi connectivity index (χ3n) is 2.52. The number of hydrogen-bond acceptors (Lipinski definition) is 5. The number of rotatable bonds is 4. The predicted molar refractivity (Wildman–Crippen MR) is 70.7 cm³/mol. The third kappa shape index (κ3) is 6.44. The topological polar surface area (TPSA) is 111 Å². The van der Waals surface area contributed by atoms with Crippen LogP contribution in [0.1, 0.15) is 5.82 Å². The summed E-state index contributed by atoms with van der Waals surface area (Å²) >= 11 is 0. The van der Waals surface area contributed by atoms with Crippen molar-refractivity contribution in [1.82, 2.24) is 4.57 Å². The van der Waals surface area contributed by atoms with E-state index in [1.54, 1.807) is 0 Å². The number of aromatic nitrogens is 2. The van der Waals surface area contributed by atoms with E-state index >= 15 is 0 Å². The highest BCUT2D eigenvalue weighted by atomic mass is 32.3. The molecule has 148 valence electrons. The van der Waals surface area contributed by atoms with Crippen LogP contribution in [0.2, 0.25) is 0 Å². The van der Waals surface area contributed by atoms with E-state index in [-0.39, 0.29) is 6.61 Å². The molecule has 0 saturated heterocycles. The molecule has 8 nitrogen and oxygen atoms in total. The van der Waals surface area contributed by atoms with E-state index < -0.39 is 31.1 Å². The first-order chi connectivity index (χ1) is 11.0. The Balaban J connectivity index is 0.000000496. The number of aliphatic hydroxyl groups is 1. The number of aryl methyl sites for hydroxylation is 1. The van der Waals surface area contributed by atoms with Gasteiger partial charge in [-0.25, -0.2) is 26.0 Å². The average molecular weight is 421 g/mol. The van der Waals surface area contributed by atoms with E-state index in [1.165, 1.54) is 0 Å². The van der Waals surface area contributed by atoms with Crippen LogP contribution < -0.4 is 4.57 Å². The van der Waals surface area contributed by atoms with Crippen molar-refractivity contribution in [2.24, 2.45) is 7.05 Å². The Bertz CT molecular complexity index is 740. The van der Waals surface area contributed by atoms with Crippen LogP contribution in [0.25, 0.3) is 4.13 Å². The van der Waals surface area contributed by atoms with Crippen molar-refractivity contribution in [2.45, 2.75) is 24.5 Å². The minimum Gasteiger partial charge on any atom is -0.421 e. The van der Waals surface area contributed by atoms with Crippen LogP contribution >= 0.6 is 0 Å². The Labute approximate surface area is 138 Å². The van der Waals surface area contributed by atoms with Crippen LogP contribution in [0, 0.1) is 6.92 Å². The molecular formula is C9H13F6N3O5S2. The van der Waals surface area contributed by atoms with Gasteiger partial charge in [0.15, 0.2) is 20.0 Å². The molecule has 0 atom stereocenters. The molecule has 1 heterocycles. The molecule has 1 rings (SSSR count). The highest BCUT2D eigenvalue weighted by molar-refractivity contribution is 8.13. The zero-order chi connectivity index (χ0) is 20.3. The second-order valence-electron chi connectivity index (χ2n) is 4.29. The molecule has 16 heteroatoms. The van der Waals surface area contributed by atoms with Gasteiger partial charge in [-0.15, -0.1) is 0 Å². The van der Waals surface area contributed by atoms with Gasteiger partial charge in [0.25, 0.3) is 5.82 Å². The Hall–Kier alpha value is -1.39. The maximum atomic E-state index is 11.4. The van der Waals surface area contributed by atoms with Crippen LogP contribution in [0.15, 0.2) is 12.4 Å². The van der Waals surface area contributed by atoms with Crippen LogP contribution in [-0.2, 0) is 33.6 Å². The van der Waals surface area contributed by atoms with Gasteiger partial charge >= 0.3 is 11.0 Å². The molecule has 0 aliphatic carbocycles. The Morgan fingerprint density at radius 1 is 1.08 bits per heavy atom. The summed E-state index contributed by atoms with van der Waals surface area (Å²) in [6.45, 7) is 2.91. The van der Waals surface area contributed by atoms with Gasteiger partial charge in [0, 0.05) is 6.92 Å². The zero-order valence-corrected chi connectivity index (χ0v) is 14.2. The molecule has 0 unspecified atom stereocenters. The molecule has 0 spiro atoms. The van der Waals surface area contributed by atoms with Gasteiger partial charge < -0.3 is 9.23 Å². The quantitative estimate of drug-likeness (QED) is 0.568. The average Bonchev–Trinajstić information content (AvgIpc) is 2.68. The Morgan fingerprint density at radius 2 is 1.48 bits per heavy atom. The molecule has 0 aromatic carbocycles. The molecule has 0 bridgehead atoms. The maximum absolute atomic E-state index is 11.4. The number of halogens is 6. The lowest BCUT2D eigenvalue weighted by Crippen LogP contribution is -2.30. The summed E-state index contributed by atoms with van der Waals surface area (Å²) in [5, 5.41) is 8.62. The summed E-state index contributed by atoms with van der Waals surface area (Å²) in [7, 11) is -11.5. The van der Waals surface area contributed by atoms with E-state index in [1.807, 2.05) is 35.5 Å². The van der Waals surface area contributed by atoms with Crippen LogP contribution in [0.4, 0.5) is 26.3 Å². The van der Waals surface area contributed by atoms with Gasteiger partial charge in [-0.05, 0) is 0 Å².